The molecule has 1 aliphatic rings. The minimum atomic E-state index is -0.117. The summed E-state index contributed by atoms with van der Waals surface area (Å²) >= 11 is 0. The molecule has 0 aliphatic heterocycles. The number of nitrogens with zero attached hydrogens (tertiary/aromatic N) is 2. The van der Waals surface area contributed by atoms with Crippen LogP contribution >= 0.6 is 0 Å². The molecule has 0 saturated carbocycles. The summed E-state index contributed by atoms with van der Waals surface area (Å²) in [5.41, 5.74) is 3.04. The molecule has 0 N–H and O–H groups in total. The van der Waals surface area contributed by atoms with Crippen LogP contribution in [0.2, 0.25) is 0 Å². The van der Waals surface area contributed by atoms with E-state index in [1.165, 1.54) is 24.2 Å². The number of fused-ring (bicyclic) bond motifs is 1. The Bertz CT molecular complexity index is 404. The van der Waals surface area contributed by atoms with Gasteiger partial charge in [0.1, 0.15) is 0 Å². The minimum Gasteiger partial charge on any atom is -0.274 e. The third-order valence-electron chi connectivity index (χ3n) is 3.06. The van der Waals surface area contributed by atoms with Gasteiger partial charge in [0.25, 0.3) is 5.91 Å². The topological polar surface area (TPSA) is 42.4 Å². The Balaban J connectivity index is 2.37. The summed E-state index contributed by atoms with van der Waals surface area (Å²) in [7, 11) is 3.10. The van der Waals surface area contributed by atoms with Crippen molar-refractivity contribution in [1.82, 2.24) is 10.0 Å². The molecule has 0 saturated heterocycles. The van der Waals surface area contributed by atoms with Gasteiger partial charge < -0.3 is 0 Å². The second-order valence-electron chi connectivity index (χ2n) is 4.02. The molecule has 0 radical (unpaired) electrons. The zero-order chi connectivity index (χ0) is 11.5. The molecule has 1 amide bonds. The number of hydroxylamine groups is 2. The average molecular weight is 220 g/mol. The predicted octanol–water partition coefficient (Wildman–Crippen LogP) is 1.59. The van der Waals surface area contributed by atoms with Gasteiger partial charge in [-0.15, -0.1) is 0 Å². The number of hydrogen-bond donors (Lipinski definition) is 0. The second kappa shape index (κ2) is 4.61. The maximum Gasteiger partial charge on any atom is 0.278 e. The molecule has 4 heteroatoms. The molecule has 16 heavy (non-hydrogen) atoms. The van der Waals surface area contributed by atoms with Crippen molar-refractivity contribution in [1.29, 1.82) is 0 Å². The molecule has 1 aromatic heterocycles. The SMILES string of the molecule is CON(C)C(=O)c1cncc2c1CCCC2. The highest BCUT2D eigenvalue weighted by Crippen LogP contribution is 2.24. The van der Waals surface area contributed by atoms with E-state index in [0.29, 0.717) is 5.56 Å². The van der Waals surface area contributed by atoms with Crippen molar-refractivity contribution in [2.45, 2.75) is 25.7 Å². The van der Waals surface area contributed by atoms with E-state index in [9.17, 15) is 4.79 Å². The van der Waals surface area contributed by atoms with E-state index < -0.39 is 0 Å². The van der Waals surface area contributed by atoms with Gasteiger partial charge in [0, 0.05) is 19.4 Å². The summed E-state index contributed by atoms with van der Waals surface area (Å²) < 4.78 is 0. The maximum absolute atomic E-state index is 12.0. The van der Waals surface area contributed by atoms with Gasteiger partial charge in [-0.25, -0.2) is 5.06 Å². The highest BCUT2D eigenvalue weighted by atomic mass is 16.7. The lowest BCUT2D eigenvalue weighted by molar-refractivity contribution is -0.0758. The van der Waals surface area contributed by atoms with Crippen molar-refractivity contribution in [2.75, 3.05) is 14.2 Å². The molecule has 1 heterocycles. The largest absolute Gasteiger partial charge is 0.278 e. The Morgan fingerprint density at radius 2 is 2.12 bits per heavy atom. The van der Waals surface area contributed by atoms with E-state index in [-0.39, 0.29) is 5.91 Å². The van der Waals surface area contributed by atoms with Crippen LogP contribution < -0.4 is 0 Å². The Morgan fingerprint density at radius 1 is 1.38 bits per heavy atom. The van der Waals surface area contributed by atoms with Crippen molar-refractivity contribution in [3.8, 4) is 0 Å². The first-order valence-electron chi connectivity index (χ1n) is 5.52. The molecule has 0 aromatic carbocycles. The van der Waals surface area contributed by atoms with Gasteiger partial charge in [-0.3, -0.25) is 14.6 Å². The fourth-order valence-corrected chi connectivity index (χ4v) is 2.10. The van der Waals surface area contributed by atoms with Gasteiger partial charge >= 0.3 is 0 Å². The minimum absolute atomic E-state index is 0.117. The van der Waals surface area contributed by atoms with Gasteiger partial charge in [-0.05, 0) is 36.8 Å². The Kier molecular flexibility index (Phi) is 3.19. The van der Waals surface area contributed by atoms with E-state index in [4.69, 9.17) is 4.84 Å². The molecule has 86 valence electrons. The summed E-state index contributed by atoms with van der Waals surface area (Å²) in [6, 6.07) is 0. The fraction of sp³-hybridized carbons (Fsp3) is 0.500. The highest BCUT2D eigenvalue weighted by Gasteiger charge is 2.20. The lowest BCUT2D eigenvalue weighted by Crippen LogP contribution is -2.27. The van der Waals surface area contributed by atoms with Gasteiger partial charge in [0.15, 0.2) is 0 Å². The molecule has 2 rings (SSSR count). The van der Waals surface area contributed by atoms with Crippen molar-refractivity contribution in [3.63, 3.8) is 0 Å². The molecule has 1 aromatic rings. The average Bonchev–Trinajstić information content (AvgIpc) is 2.36. The van der Waals surface area contributed by atoms with E-state index >= 15 is 0 Å². The molecule has 0 unspecified atom stereocenters. The van der Waals surface area contributed by atoms with Crippen LogP contribution in [-0.2, 0) is 17.7 Å². The van der Waals surface area contributed by atoms with Crippen LogP contribution in [0, 0.1) is 0 Å². The Labute approximate surface area is 95.2 Å². The van der Waals surface area contributed by atoms with Crippen LogP contribution in [0.25, 0.3) is 0 Å². The first-order chi connectivity index (χ1) is 7.74. The van der Waals surface area contributed by atoms with E-state index in [1.54, 1.807) is 13.2 Å². The standard InChI is InChI=1S/C12H16N2O2/c1-14(16-2)12(15)11-8-13-7-9-5-3-4-6-10(9)11/h7-8H,3-6H2,1-2H3. The molecule has 1 aliphatic carbocycles. The first kappa shape index (κ1) is 11.1. The quantitative estimate of drug-likeness (QED) is 0.711. The normalized spacial score (nSPS) is 14.4. The van der Waals surface area contributed by atoms with Gasteiger partial charge in [0.2, 0.25) is 0 Å². The van der Waals surface area contributed by atoms with Crippen molar-refractivity contribution >= 4 is 5.91 Å². The van der Waals surface area contributed by atoms with Crippen LogP contribution in [0.1, 0.15) is 34.3 Å². The maximum atomic E-state index is 12.0. The number of carbonyl (C=O) groups is 1. The Morgan fingerprint density at radius 3 is 2.88 bits per heavy atom. The second-order valence-corrected chi connectivity index (χ2v) is 4.02. The number of pyridine rings is 1. The van der Waals surface area contributed by atoms with Crippen LogP contribution in [0.3, 0.4) is 0 Å². The summed E-state index contributed by atoms with van der Waals surface area (Å²) in [6.45, 7) is 0. The van der Waals surface area contributed by atoms with Gasteiger partial charge in [-0.1, -0.05) is 0 Å². The molecular formula is C12H16N2O2. The number of amides is 1. The van der Waals surface area contributed by atoms with Gasteiger partial charge in [-0.2, -0.15) is 0 Å². The molecule has 4 nitrogen and oxygen atoms in total. The summed E-state index contributed by atoms with van der Waals surface area (Å²) in [4.78, 5) is 21.1. The summed E-state index contributed by atoms with van der Waals surface area (Å²) in [6.07, 6.45) is 7.84. The lowest BCUT2D eigenvalue weighted by atomic mass is 9.90. The van der Waals surface area contributed by atoms with Crippen LogP contribution in [-0.4, -0.2) is 30.1 Å². The predicted molar refractivity (Wildman–Crippen MR) is 60.0 cm³/mol. The number of aryl methyl sites for hydroxylation is 1. The van der Waals surface area contributed by atoms with Crippen molar-refractivity contribution in [3.05, 3.63) is 29.1 Å². The summed E-state index contributed by atoms with van der Waals surface area (Å²) in [5.74, 6) is -0.117. The van der Waals surface area contributed by atoms with E-state index in [0.717, 1.165) is 24.8 Å². The molecular weight excluding hydrogens is 204 g/mol. The third-order valence-corrected chi connectivity index (χ3v) is 3.06. The first-order valence-corrected chi connectivity index (χ1v) is 5.52. The smallest absolute Gasteiger partial charge is 0.274 e. The van der Waals surface area contributed by atoms with E-state index in [2.05, 4.69) is 4.98 Å². The van der Waals surface area contributed by atoms with Crippen LogP contribution in [0.5, 0.6) is 0 Å². The molecule has 0 bridgehead atoms. The fourth-order valence-electron chi connectivity index (χ4n) is 2.10. The van der Waals surface area contributed by atoms with Gasteiger partial charge in [0.05, 0.1) is 12.7 Å². The van der Waals surface area contributed by atoms with E-state index in [1.807, 2.05) is 6.20 Å². The number of aromatic nitrogens is 1. The van der Waals surface area contributed by atoms with Crippen LogP contribution in [0.15, 0.2) is 12.4 Å². The highest BCUT2D eigenvalue weighted by molar-refractivity contribution is 5.94. The molecule has 0 atom stereocenters. The molecule has 0 spiro atoms. The summed E-state index contributed by atoms with van der Waals surface area (Å²) in [5, 5.41) is 1.24. The monoisotopic (exact) mass is 220 g/mol. The van der Waals surface area contributed by atoms with Crippen molar-refractivity contribution < 1.29 is 9.63 Å². The number of rotatable bonds is 2. The Hall–Kier alpha value is -1.42. The van der Waals surface area contributed by atoms with Crippen LogP contribution in [0.4, 0.5) is 0 Å². The zero-order valence-electron chi connectivity index (χ0n) is 9.69. The zero-order valence-corrected chi connectivity index (χ0v) is 9.69. The third kappa shape index (κ3) is 1.93. The lowest BCUT2D eigenvalue weighted by Gasteiger charge is -2.20. The van der Waals surface area contributed by atoms with Crippen molar-refractivity contribution in [2.24, 2.45) is 0 Å². The number of hydrogen-bond acceptors (Lipinski definition) is 3. The molecule has 0 fully saturated rings. The number of carbonyl (C=O) groups excluding carboxylic acids is 1.